The molecule has 1 aliphatic rings. The molecule has 10 nitrogen and oxygen atoms in total. The fraction of sp³-hybridized carbons (Fsp3) is 0.304. The Labute approximate surface area is 191 Å². The molecule has 0 aliphatic carbocycles. The predicted octanol–water partition coefficient (Wildman–Crippen LogP) is 1.88. The van der Waals surface area contributed by atoms with Crippen LogP contribution in [0.15, 0.2) is 42.7 Å². The standard InChI is InChI=1S/C23H25N7O3/c1-15-12-16(2)30(28-15)20-13-19(26-14-27-20)24-9-10-25-21(31)8-5-11-29-22(32)17-6-3-4-7-18(17)23(29)33/h3-4,6-7,12-14H,5,8-11H2,1-2H3,(H,25,31)(H,24,26,27). The molecule has 0 saturated carbocycles. The third-order valence-corrected chi connectivity index (χ3v) is 5.30. The van der Waals surface area contributed by atoms with Crippen LogP contribution in [-0.2, 0) is 4.79 Å². The van der Waals surface area contributed by atoms with Crippen molar-refractivity contribution >= 4 is 23.5 Å². The van der Waals surface area contributed by atoms with E-state index < -0.39 is 0 Å². The van der Waals surface area contributed by atoms with Gasteiger partial charge in [-0.1, -0.05) is 12.1 Å². The first-order valence-electron chi connectivity index (χ1n) is 10.8. The van der Waals surface area contributed by atoms with Crippen molar-refractivity contribution in [1.29, 1.82) is 0 Å². The molecule has 0 fully saturated rings. The van der Waals surface area contributed by atoms with Crippen LogP contribution in [0.5, 0.6) is 0 Å². The lowest BCUT2D eigenvalue weighted by Gasteiger charge is -2.13. The number of nitrogens with zero attached hydrogens (tertiary/aromatic N) is 5. The molecule has 0 bridgehead atoms. The molecular formula is C23H25N7O3. The Hall–Kier alpha value is -4.08. The Morgan fingerprint density at radius 3 is 2.39 bits per heavy atom. The van der Waals surface area contributed by atoms with E-state index >= 15 is 0 Å². The van der Waals surface area contributed by atoms with Crippen LogP contribution in [0.4, 0.5) is 5.82 Å². The van der Waals surface area contributed by atoms with Crippen molar-refractivity contribution in [3.63, 3.8) is 0 Å². The minimum absolute atomic E-state index is 0.139. The van der Waals surface area contributed by atoms with Gasteiger partial charge in [0.15, 0.2) is 5.82 Å². The molecule has 0 saturated heterocycles. The Morgan fingerprint density at radius 2 is 1.73 bits per heavy atom. The largest absolute Gasteiger partial charge is 0.368 e. The molecule has 3 aromatic rings. The van der Waals surface area contributed by atoms with Gasteiger partial charge in [0.1, 0.15) is 12.1 Å². The summed E-state index contributed by atoms with van der Waals surface area (Å²) in [4.78, 5) is 46.5. The van der Waals surface area contributed by atoms with E-state index in [0.29, 0.717) is 42.3 Å². The lowest BCUT2D eigenvalue weighted by atomic mass is 10.1. The van der Waals surface area contributed by atoms with Gasteiger partial charge in [0.05, 0.1) is 16.8 Å². The SMILES string of the molecule is Cc1cc(C)n(-c2cc(NCCNC(=O)CCCN3C(=O)c4ccccc4C3=O)ncn2)n1. The van der Waals surface area contributed by atoms with Crippen LogP contribution in [0.25, 0.3) is 5.82 Å². The van der Waals surface area contributed by atoms with Crippen molar-refractivity contribution in [3.05, 3.63) is 65.2 Å². The Morgan fingerprint density at radius 1 is 1.00 bits per heavy atom. The number of carbonyl (C=O) groups excluding carboxylic acids is 3. The first kappa shape index (κ1) is 22.1. The van der Waals surface area contributed by atoms with E-state index in [1.165, 1.54) is 11.2 Å². The molecule has 10 heteroatoms. The number of imide groups is 1. The maximum atomic E-state index is 12.3. The van der Waals surface area contributed by atoms with Gasteiger partial charge in [-0.05, 0) is 38.5 Å². The molecule has 2 aromatic heterocycles. The first-order valence-corrected chi connectivity index (χ1v) is 10.8. The highest BCUT2D eigenvalue weighted by molar-refractivity contribution is 6.21. The molecule has 33 heavy (non-hydrogen) atoms. The number of hydrogen-bond acceptors (Lipinski definition) is 7. The van der Waals surface area contributed by atoms with Crippen LogP contribution in [-0.4, -0.2) is 62.0 Å². The zero-order chi connectivity index (χ0) is 23.4. The second kappa shape index (κ2) is 9.60. The fourth-order valence-electron chi connectivity index (χ4n) is 3.74. The Balaban J connectivity index is 1.18. The van der Waals surface area contributed by atoms with E-state index in [1.807, 2.05) is 19.9 Å². The first-order chi connectivity index (χ1) is 15.9. The minimum Gasteiger partial charge on any atom is -0.368 e. The number of aromatic nitrogens is 4. The lowest BCUT2D eigenvalue weighted by Crippen LogP contribution is -2.33. The topological polar surface area (TPSA) is 122 Å². The van der Waals surface area contributed by atoms with Crippen molar-refractivity contribution < 1.29 is 14.4 Å². The van der Waals surface area contributed by atoms with Crippen LogP contribution < -0.4 is 10.6 Å². The van der Waals surface area contributed by atoms with E-state index in [2.05, 4.69) is 25.7 Å². The molecule has 4 rings (SSSR count). The number of benzene rings is 1. The molecule has 3 amide bonds. The summed E-state index contributed by atoms with van der Waals surface area (Å²) in [6, 6.07) is 10.5. The Kier molecular flexibility index (Phi) is 6.43. The highest BCUT2D eigenvalue weighted by Crippen LogP contribution is 2.22. The van der Waals surface area contributed by atoms with Gasteiger partial charge in [-0.2, -0.15) is 5.10 Å². The summed E-state index contributed by atoms with van der Waals surface area (Å²) in [7, 11) is 0. The average Bonchev–Trinajstić information content (AvgIpc) is 3.28. The third-order valence-electron chi connectivity index (χ3n) is 5.30. The zero-order valence-electron chi connectivity index (χ0n) is 18.5. The number of anilines is 1. The summed E-state index contributed by atoms with van der Waals surface area (Å²) in [6.45, 7) is 4.99. The van der Waals surface area contributed by atoms with Crippen molar-refractivity contribution in [2.24, 2.45) is 0 Å². The van der Waals surface area contributed by atoms with Gasteiger partial charge in [0.25, 0.3) is 11.8 Å². The average molecular weight is 447 g/mol. The van der Waals surface area contributed by atoms with E-state index in [9.17, 15) is 14.4 Å². The van der Waals surface area contributed by atoms with Gasteiger partial charge in [-0.15, -0.1) is 0 Å². The maximum Gasteiger partial charge on any atom is 0.261 e. The summed E-state index contributed by atoms with van der Waals surface area (Å²) in [5.74, 6) is 0.553. The van der Waals surface area contributed by atoms with E-state index in [4.69, 9.17) is 0 Å². The Bertz CT molecular complexity index is 1170. The van der Waals surface area contributed by atoms with Gasteiger partial charge in [0, 0.05) is 37.8 Å². The number of nitrogens with one attached hydrogen (secondary N) is 2. The summed E-state index contributed by atoms with van der Waals surface area (Å²) in [5, 5.41) is 10.4. The molecule has 1 aliphatic heterocycles. The van der Waals surface area contributed by atoms with Crippen LogP contribution in [0, 0.1) is 13.8 Å². The molecule has 0 atom stereocenters. The molecule has 0 spiro atoms. The van der Waals surface area contributed by atoms with Gasteiger partial charge >= 0.3 is 0 Å². The van der Waals surface area contributed by atoms with Crippen LogP contribution in [0.1, 0.15) is 44.9 Å². The van der Waals surface area contributed by atoms with Crippen LogP contribution >= 0.6 is 0 Å². The van der Waals surface area contributed by atoms with Gasteiger partial charge in [0.2, 0.25) is 5.91 Å². The molecule has 2 N–H and O–H groups in total. The molecule has 0 unspecified atom stereocenters. The smallest absolute Gasteiger partial charge is 0.261 e. The van der Waals surface area contributed by atoms with Crippen molar-refractivity contribution in [2.45, 2.75) is 26.7 Å². The minimum atomic E-state index is -0.301. The third kappa shape index (κ3) is 4.89. The molecule has 170 valence electrons. The predicted molar refractivity (Wildman–Crippen MR) is 121 cm³/mol. The lowest BCUT2D eigenvalue weighted by molar-refractivity contribution is -0.121. The molecule has 1 aromatic carbocycles. The summed E-state index contributed by atoms with van der Waals surface area (Å²) in [5.41, 5.74) is 2.73. The highest BCUT2D eigenvalue weighted by Gasteiger charge is 2.34. The normalized spacial score (nSPS) is 12.7. The second-order valence-corrected chi connectivity index (χ2v) is 7.79. The highest BCUT2D eigenvalue weighted by atomic mass is 16.2. The molecule has 3 heterocycles. The number of fused-ring (bicyclic) bond motifs is 1. The van der Waals surface area contributed by atoms with Crippen molar-refractivity contribution in [2.75, 3.05) is 25.0 Å². The van der Waals surface area contributed by atoms with Crippen molar-refractivity contribution in [1.82, 2.24) is 30.0 Å². The quantitative estimate of drug-likeness (QED) is 0.379. The summed E-state index contributed by atoms with van der Waals surface area (Å²) >= 11 is 0. The number of rotatable bonds is 9. The molecule has 0 radical (unpaired) electrons. The number of carbonyl (C=O) groups is 3. The van der Waals surface area contributed by atoms with Gasteiger partial charge < -0.3 is 10.6 Å². The summed E-state index contributed by atoms with van der Waals surface area (Å²) < 4.78 is 1.75. The molecular weight excluding hydrogens is 422 g/mol. The van der Waals surface area contributed by atoms with Crippen LogP contribution in [0.2, 0.25) is 0 Å². The maximum absolute atomic E-state index is 12.3. The fourth-order valence-corrected chi connectivity index (χ4v) is 3.74. The summed E-state index contributed by atoms with van der Waals surface area (Å²) in [6.07, 6.45) is 2.09. The van der Waals surface area contributed by atoms with Crippen LogP contribution in [0.3, 0.4) is 0 Å². The van der Waals surface area contributed by atoms with Gasteiger partial charge in [-0.3, -0.25) is 19.3 Å². The van der Waals surface area contributed by atoms with Crippen molar-refractivity contribution in [3.8, 4) is 5.82 Å². The zero-order valence-corrected chi connectivity index (χ0v) is 18.5. The van der Waals surface area contributed by atoms with E-state index in [1.54, 1.807) is 35.0 Å². The van der Waals surface area contributed by atoms with E-state index in [-0.39, 0.29) is 30.7 Å². The number of hydrogen-bond donors (Lipinski definition) is 2. The second-order valence-electron chi connectivity index (χ2n) is 7.79. The van der Waals surface area contributed by atoms with E-state index in [0.717, 1.165) is 11.4 Å². The monoisotopic (exact) mass is 447 g/mol. The number of aryl methyl sites for hydroxylation is 2. The number of amides is 3. The van der Waals surface area contributed by atoms with Gasteiger partial charge in [-0.25, -0.2) is 14.6 Å².